The minimum Gasteiger partial charge on any atom is -0.476 e. The topological polar surface area (TPSA) is 75.4 Å². The number of benzene rings is 1. The number of halogens is 1. The van der Waals surface area contributed by atoms with Gasteiger partial charge < -0.3 is 14.9 Å². The minimum absolute atomic E-state index is 0.0870. The smallest absolute Gasteiger partial charge is 0.358 e. The van der Waals surface area contributed by atoms with E-state index in [9.17, 15) is 4.79 Å². The highest BCUT2D eigenvalue weighted by Gasteiger charge is 2.10. The predicted molar refractivity (Wildman–Crippen MR) is 64.9 cm³/mol. The van der Waals surface area contributed by atoms with Crippen molar-refractivity contribution in [2.45, 2.75) is 6.54 Å². The van der Waals surface area contributed by atoms with Gasteiger partial charge in [0.05, 0.1) is 6.54 Å². The molecule has 1 aromatic carbocycles. The molecule has 0 unspecified atom stereocenters. The van der Waals surface area contributed by atoms with Gasteiger partial charge in [-0.3, -0.25) is 0 Å². The molecule has 0 aliphatic carbocycles. The van der Waals surface area contributed by atoms with E-state index in [1.165, 1.54) is 6.07 Å². The highest BCUT2D eigenvalue weighted by atomic mass is 79.9. The van der Waals surface area contributed by atoms with E-state index in [0.29, 0.717) is 12.3 Å². The van der Waals surface area contributed by atoms with Crippen LogP contribution in [0, 0.1) is 0 Å². The molecule has 0 radical (unpaired) electrons. The lowest BCUT2D eigenvalue weighted by Crippen LogP contribution is -1.98. The van der Waals surface area contributed by atoms with Crippen molar-refractivity contribution in [3.05, 3.63) is 46.3 Å². The Labute approximate surface area is 106 Å². The summed E-state index contributed by atoms with van der Waals surface area (Å²) in [6, 6.07) is 9.03. The molecule has 0 atom stereocenters. The molecule has 17 heavy (non-hydrogen) atoms. The molecule has 0 fully saturated rings. The highest BCUT2D eigenvalue weighted by molar-refractivity contribution is 9.10. The average molecular weight is 297 g/mol. The van der Waals surface area contributed by atoms with E-state index in [1.54, 1.807) is 0 Å². The first-order chi connectivity index (χ1) is 8.15. The van der Waals surface area contributed by atoms with Gasteiger partial charge in [0.2, 0.25) is 0 Å². The van der Waals surface area contributed by atoms with Crippen LogP contribution in [0.1, 0.15) is 16.2 Å². The molecular formula is C11H9BrN2O3. The number of rotatable bonds is 4. The number of nitrogens with zero attached hydrogens (tertiary/aromatic N) is 1. The molecule has 5 nitrogen and oxygen atoms in total. The van der Waals surface area contributed by atoms with Crippen LogP contribution in [0.2, 0.25) is 0 Å². The SMILES string of the molecule is O=C(O)c1cc(CNc2cccc(Br)c2)on1. The molecule has 1 aromatic heterocycles. The number of carboxylic acids is 1. The minimum atomic E-state index is -1.09. The van der Waals surface area contributed by atoms with Gasteiger partial charge in [-0.1, -0.05) is 27.2 Å². The van der Waals surface area contributed by atoms with Crippen LogP contribution in [-0.4, -0.2) is 16.2 Å². The largest absolute Gasteiger partial charge is 0.476 e. The zero-order valence-electron chi connectivity index (χ0n) is 8.68. The lowest BCUT2D eigenvalue weighted by atomic mass is 10.3. The maximum atomic E-state index is 10.6. The fourth-order valence-electron chi connectivity index (χ4n) is 1.28. The van der Waals surface area contributed by atoms with E-state index < -0.39 is 5.97 Å². The van der Waals surface area contributed by atoms with E-state index >= 15 is 0 Å². The summed E-state index contributed by atoms with van der Waals surface area (Å²) in [5.74, 6) is -0.621. The lowest BCUT2D eigenvalue weighted by Gasteiger charge is -2.03. The lowest BCUT2D eigenvalue weighted by molar-refractivity contribution is 0.0685. The first-order valence-corrected chi connectivity index (χ1v) is 5.63. The Morgan fingerprint density at radius 1 is 1.47 bits per heavy atom. The standard InChI is InChI=1S/C11H9BrN2O3/c12-7-2-1-3-8(4-7)13-6-9-5-10(11(15)16)14-17-9/h1-5,13H,6H2,(H,15,16). The third-order valence-corrected chi connectivity index (χ3v) is 2.56. The number of carboxylic acid groups (broad SMARTS) is 1. The summed E-state index contributed by atoms with van der Waals surface area (Å²) in [6.07, 6.45) is 0. The van der Waals surface area contributed by atoms with Gasteiger partial charge in [0.25, 0.3) is 0 Å². The van der Waals surface area contributed by atoms with Crippen LogP contribution >= 0.6 is 15.9 Å². The number of aromatic carboxylic acids is 1. The molecular weight excluding hydrogens is 288 g/mol. The van der Waals surface area contributed by atoms with E-state index in [0.717, 1.165) is 10.2 Å². The van der Waals surface area contributed by atoms with Crippen LogP contribution in [0.25, 0.3) is 0 Å². The molecule has 1 heterocycles. The quantitative estimate of drug-likeness (QED) is 0.907. The number of hydrogen-bond acceptors (Lipinski definition) is 4. The fraction of sp³-hybridized carbons (Fsp3) is 0.0909. The first kappa shape index (κ1) is 11.7. The van der Waals surface area contributed by atoms with Crippen LogP contribution in [0.4, 0.5) is 5.69 Å². The van der Waals surface area contributed by atoms with Gasteiger partial charge in [-0.2, -0.15) is 0 Å². The van der Waals surface area contributed by atoms with Gasteiger partial charge in [-0.25, -0.2) is 4.79 Å². The van der Waals surface area contributed by atoms with Crippen molar-refractivity contribution in [3.63, 3.8) is 0 Å². The second kappa shape index (κ2) is 5.01. The summed E-state index contributed by atoms with van der Waals surface area (Å²) in [5.41, 5.74) is 0.823. The molecule has 0 aliphatic rings. The molecule has 2 N–H and O–H groups in total. The zero-order chi connectivity index (χ0) is 12.3. The second-order valence-corrected chi connectivity index (χ2v) is 4.26. The average Bonchev–Trinajstić information content (AvgIpc) is 2.75. The summed E-state index contributed by atoms with van der Waals surface area (Å²) in [6.45, 7) is 0.386. The number of nitrogens with one attached hydrogen (secondary N) is 1. The normalized spacial score (nSPS) is 10.2. The molecule has 0 bridgehead atoms. The second-order valence-electron chi connectivity index (χ2n) is 3.35. The van der Waals surface area contributed by atoms with Gasteiger partial charge in [-0.05, 0) is 18.2 Å². The van der Waals surface area contributed by atoms with Crippen LogP contribution in [0.3, 0.4) is 0 Å². The van der Waals surface area contributed by atoms with E-state index in [4.69, 9.17) is 9.63 Å². The van der Waals surface area contributed by atoms with Crippen molar-refractivity contribution in [2.75, 3.05) is 5.32 Å². The molecule has 0 saturated heterocycles. The molecule has 0 aliphatic heterocycles. The van der Waals surface area contributed by atoms with Crippen molar-refractivity contribution in [1.82, 2.24) is 5.16 Å². The van der Waals surface area contributed by atoms with Gasteiger partial charge in [0.1, 0.15) is 0 Å². The Kier molecular flexibility index (Phi) is 3.43. The Morgan fingerprint density at radius 3 is 2.94 bits per heavy atom. The summed E-state index contributed by atoms with van der Waals surface area (Å²) in [7, 11) is 0. The van der Waals surface area contributed by atoms with Gasteiger partial charge >= 0.3 is 5.97 Å². The first-order valence-electron chi connectivity index (χ1n) is 4.83. The maximum absolute atomic E-state index is 10.6. The van der Waals surface area contributed by atoms with Crippen molar-refractivity contribution in [2.24, 2.45) is 0 Å². The maximum Gasteiger partial charge on any atom is 0.358 e. The van der Waals surface area contributed by atoms with E-state index in [2.05, 4.69) is 26.4 Å². The van der Waals surface area contributed by atoms with Crippen molar-refractivity contribution in [1.29, 1.82) is 0 Å². The Balaban J connectivity index is 2.00. The van der Waals surface area contributed by atoms with Crippen LogP contribution in [0.15, 0.2) is 39.3 Å². The van der Waals surface area contributed by atoms with E-state index in [1.807, 2.05) is 24.3 Å². The molecule has 0 saturated carbocycles. The van der Waals surface area contributed by atoms with Crippen molar-refractivity contribution >= 4 is 27.6 Å². The molecule has 0 amide bonds. The Hall–Kier alpha value is -1.82. The van der Waals surface area contributed by atoms with Crippen molar-refractivity contribution < 1.29 is 14.4 Å². The van der Waals surface area contributed by atoms with E-state index in [-0.39, 0.29) is 5.69 Å². The number of hydrogen-bond donors (Lipinski definition) is 2. The van der Waals surface area contributed by atoms with Crippen LogP contribution in [0.5, 0.6) is 0 Å². The third kappa shape index (κ3) is 3.07. The van der Waals surface area contributed by atoms with Crippen LogP contribution in [-0.2, 0) is 6.54 Å². The van der Waals surface area contributed by atoms with Gasteiger partial charge in [0.15, 0.2) is 11.5 Å². The number of aromatic nitrogens is 1. The third-order valence-electron chi connectivity index (χ3n) is 2.07. The van der Waals surface area contributed by atoms with Crippen molar-refractivity contribution in [3.8, 4) is 0 Å². The fourth-order valence-corrected chi connectivity index (χ4v) is 1.68. The molecule has 88 valence electrons. The molecule has 2 aromatic rings. The number of carbonyl (C=O) groups is 1. The summed E-state index contributed by atoms with van der Waals surface area (Å²) in [5, 5.41) is 15.2. The summed E-state index contributed by atoms with van der Waals surface area (Å²) in [4.78, 5) is 10.6. The molecule has 6 heteroatoms. The highest BCUT2D eigenvalue weighted by Crippen LogP contribution is 2.16. The zero-order valence-corrected chi connectivity index (χ0v) is 10.3. The van der Waals surface area contributed by atoms with Gasteiger partial charge in [-0.15, -0.1) is 0 Å². The molecule has 0 spiro atoms. The monoisotopic (exact) mass is 296 g/mol. The number of anilines is 1. The summed E-state index contributed by atoms with van der Waals surface area (Å²) < 4.78 is 5.84. The van der Waals surface area contributed by atoms with Gasteiger partial charge in [0, 0.05) is 16.2 Å². The Morgan fingerprint density at radius 2 is 2.29 bits per heavy atom. The summed E-state index contributed by atoms with van der Waals surface area (Å²) >= 11 is 3.36. The molecule has 2 rings (SSSR count). The van der Waals surface area contributed by atoms with Crippen LogP contribution < -0.4 is 5.32 Å². The predicted octanol–water partition coefficient (Wildman–Crippen LogP) is 2.75. The Bertz CT molecular complexity index is 539.